The van der Waals surface area contributed by atoms with Crippen molar-refractivity contribution in [3.63, 3.8) is 0 Å². The first kappa shape index (κ1) is 18.2. The molecule has 5 nitrogen and oxygen atoms in total. The SMILES string of the molecule is C[C@H](NS(=O)(=O)c1ccc2c(c1)[C@H](C)C(=O)N2)c1ccc(Cl)cc1Cl. The second-order valence-corrected chi connectivity index (χ2v) is 8.53. The van der Waals surface area contributed by atoms with Crippen molar-refractivity contribution in [3.05, 3.63) is 57.6 Å². The van der Waals surface area contributed by atoms with Crippen LogP contribution in [-0.2, 0) is 14.8 Å². The van der Waals surface area contributed by atoms with E-state index in [9.17, 15) is 13.2 Å². The van der Waals surface area contributed by atoms with Crippen molar-refractivity contribution in [2.75, 3.05) is 5.32 Å². The lowest BCUT2D eigenvalue weighted by Gasteiger charge is -2.17. The summed E-state index contributed by atoms with van der Waals surface area (Å²) in [5.41, 5.74) is 1.94. The summed E-state index contributed by atoms with van der Waals surface area (Å²) in [5.74, 6) is -0.521. The van der Waals surface area contributed by atoms with Gasteiger partial charge < -0.3 is 5.32 Å². The molecule has 3 rings (SSSR count). The zero-order valence-corrected chi connectivity index (χ0v) is 15.8. The molecule has 0 aromatic heterocycles. The standard InChI is InChI=1S/C17H16Cl2N2O3S/c1-9-14-8-12(4-6-16(14)20-17(9)22)25(23,24)21-10(2)13-5-3-11(18)7-15(13)19/h3-10,21H,1-2H3,(H,20,22)/t9-,10-/m0/s1. The Morgan fingerprint density at radius 1 is 1.16 bits per heavy atom. The second kappa shape index (κ2) is 6.61. The third-order valence-corrected chi connectivity index (χ3v) is 6.31. The van der Waals surface area contributed by atoms with Gasteiger partial charge in [-0.25, -0.2) is 13.1 Å². The molecule has 132 valence electrons. The first-order valence-corrected chi connectivity index (χ1v) is 9.85. The summed E-state index contributed by atoms with van der Waals surface area (Å²) in [6.07, 6.45) is 0. The van der Waals surface area contributed by atoms with Crippen LogP contribution in [-0.4, -0.2) is 14.3 Å². The topological polar surface area (TPSA) is 75.3 Å². The maximum absolute atomic E-state index is 12.7. The van der Waals surface area contributed by atoms with Gasteiger partial charge >= 0.3 is 0 Å². The summed E-state index contributed by atoms with van der Waals surface area (Å²) in [6.45, 7) is 3.44. The van der Waals surface area contributed by atoms with Crippen LogP contribution in [0.1, 0.15) is 36.9 Å². The molecular weight excluding hydrogens is 383 g/mol. The molecule has 0 bridgehead atoms. The highest BCUT2D eigenvalue weighted by atomic mass is 35.5. The van der Waals surface area contributed by atoms with Crippen molar-refractivity contribution in [3.8, 4) is 0 Å². The molecule has 1 heterocycles. The maximum Gasteiger partial charge on any atom is 0.241 e. The summed E-state index contributed by atoms with van der Waals surface area (Å²) in [7, 11) is -3.78. The number of hydrogen-bond donors (Lipinski definition) is 2. The number of nitrogens with one attached hydrogen (secondary N) is 2. The van der Waals surface area contributed by atoms with Crippen LogP contribution in [0.3, 0.4) is 0 Å². The van der Waals surface area contributed by atoms with Crippen LogP contribution in [0, 0.1) is 0 Å². The van der Waals surface area contributed by atoms with Gasteiger partial charge in [-0.15, -0.1) is 0 Å². The lowest BCUT2D eigenvalue weighted by atomic mass is 10.0. The average Bonchev–Trinajstić information content (AvgIpc) is 2.81. The summed E-state index contributed by atoms with van der Waals surface area (Å²) < 4.78 is 28.0. The maximum atomic E-state index is 12.7. The third kappa shape index (κ3) is 3.53. The Kier molecular flexibility index (Phi) is 4.81. The smallest absolute Gasteiger partial charge is 0.241 e. The van der Waals surface area contributed by atoms with Gasteiger partial charge in [-0.3, -0.25) is 4.79 Å². The van der Waals surface area contributed by atoms with E-state index in [1.54, 1.807) is 38.1 Å². The molecule has 1 aliphatic heterocycles. The largest absolute Gasteiger partial charge is 0.325 e. The molecule has 2 aromatic carbocycles. The molecule has 0 fully saturated rings. The fraction of sp³-hybridized carbons (Fsp3) is 0.235. The van der Waals surface area contributed by atoms with Gasteiger partial charge in [0.15, 0.2) is 0 Å². The number of halogens is 2. The average molecular weight is 399 g/mol. The van der Waals surface area contributed by atoms with Crippen molar-refractivity contribution in [1.29, 1.82) is 0 Å². The van der Waals surface area contributed by atoms with E-state index in [1.165, 1.54) is 12.1 Å². The third-order valence-electron chi connectivity index (χ3n) is 4.21. The Balaban J connectivity index is 1.89. The van der Waals surface area contributed by atoms with Crippen LogP contribution < -0.4 is 10.0 Å². The lowest BCUT2D eigenvalue weighted by Crippen LogP contribution is -2.27. The molecule has 8 heteroatoms. The van der Waals surface area contributed by atoms with Crippen LogP contribution in [0.15, 0.2) is 41.3 Å². The van der Waals surface area contributed by atoms with Crippen LogP contribution in [0.2, 0.25) is 10.0 Å². The highest BCUT2D eigenvalue weighted by Crippen LogP contribution is 2.34. The van der Waals surface area contributed by atoms with E-state index in [0.29, 0.717) is 26.9 Å². The molecule has 0 saturated carbocycles. The van der Waals surface area contributed by atoms with E-state index >= 15 is 0 Å². The van der Waals surface area contributed by atoms with Crippen molar-refractivity contribution < 1.29 is 13.2 Å². The normalized spacial score (nSPS) is 17.9. The first-order valence-electron chi connectivity index (χ1n) is 7.61. The molecule has 0 spiro atoms. The molecule has 25 heavy (non-hydrogen) atoms. The number of amides is 1. The Morgan fingerprint density at radius 2 is 1.88 bits per heavy atom. The Bertz CT molecular complexity index is 960. The molecule has 2 aromatic rings. The number of carbonyl (C=O) groups excluding carboxylic acids is 1. The lowest BCUT2D eigenvalue weighted by molar-refractivity contribution is -0.116. The first-order chi connectivity index (χ1) is 11.7. The fourth-order valence-electron chi connectivity index (χ4n) is 2.78. The molecule has 0 unspecified atom stereocenters. The minimum absolute atomic E-state index is 0.103. The van der Waals surface area contributed by atoms with Crippen LogP contribution in [0.4, 0.5) is 5.69 Å². The van der Waals surface area contributed by atoms with Crippen molar-refractivity contribution in [2.45, 2.75) is 30.7 Å². The van der Waals surface area contributed by atoms with E-state index in [1.807, 2.05) is 0 Å². The van der Waals surface area contributed by atoms with Crippen molar-refractivity contribution in [1.82, 2.24) is 4.72 Å². The molecule has 0 aliphatic carbocycles. The summed E-state index contributed by atoms with van der Waals surface area (Å²) in [4.78, 5) is 11.8. The monoisotopic (exact) mass is 398 g/mol. The van der Waals surface area contributed by atoms with E-state index in [-0.39, 0.29) is 16.7 Å². The van der Waals surface area contributed by atoms with Gasteiger partial charge in [-0.1, -0.05) is 29.3 Å². The number of benzene rings is 2. The molecule has 1 aliphatic rings. The molecule has 2 atom stereocenters. The molecule has 1 amide bonds. The van der Waals surface area contributed by atoms with Gasteiger partial charge in [-0.05, 0) is 55.3 Å². The quantitative estimate of drug-likeness (QED) is 0.813. The highest BCUT2D eigenvalue weighted by Gasteiger charge is 2.29. The molecule has 0 saturated heterocycles. The van der Waals surface area contributed by atoms with E-state index in [4.69, 9.17) is 23.2 Å². The van der Waals surface area contributed by atoms with Gasteiger partial charge in [-0.2, -0.15) is 0 Å². The van der Waals surface area contributed by atoms with E-state index in [0.717, 1.165) is 0 Å². The predicted molar refractivity (Wildman–Crippen MR) is 98.7 cm³/mol. The van der Waals surface area contributed by atoms with Crippen molar-refractivity contribution >= 4 is 44.8 Å². The Morgan fingerprint density at radius 3 is 2.56 bits per heavy atom. The summed E-state index contributed by atoms with van der Waals surface area (Å²) in [6, 6.07) is 8.96. The van der Waals surface area contributed by atoms with E-state index < -0.39 is 16.1 Å². The summed E-state index contributed by atoms with van der Waals surface area (Å²) >= 11 is 12.0. The number of fused-ring (bicyclic) bond motifs is 1. The van der Waals surface area contributed by atoms with Crippen molar-refractivity contribution in [2.24, 2.45) is 0 Å². The number of sulfonamides is 1. The van der Waals surface area contributed by atoms with Gasteiger partial charge in [0, 0.05) is 21.8 Å². The van der Waals surface area contributed by atoms with Crippen LogP contribution >= 0.6 is 23.2 Å². The van der Waals surface area contributed by atoms with Gasteiger partial charge in [0.1, 0.15) is 0 Å². The van der Waals surface area contributed by atoms with Crippen LogP contribution in [0.25, 0.3) is 0 Å². The van der Waals surface area contributed by atoms with Gasteiger partial charge in [0.2, 0.25) is 15.9 Å². The number of carbonyl (C=O) groups is 1. The zero-order chi connectivity index (χ0) is 18.4. The van der Waals surface area contributed by atoms with Crippen LogP contribution in [0.5, 0.6) is 0 Å². The minimum Gasteiger partial charge on any atom is -0.325 e. The molecule has 0 radical (unpaired) electrons. The zero-order valence-electron chi connectivity index (χ0n) is 13.5. The number of rotatable bonds is 4. The fourth-order valence-corrected chi connectivity index (χ4v) is 4.61. The summed E-state index contributed by atoms with van der Waals surface area (Å²) in [5, 5.41) is 3.59. The van der Waals surface area contributed by atoms with E-state index in [2.05, 4.69) is 10.0 Å². The number of hydrogen-bond acceptors (Lipinski definition) is 3. The van der Waals surface area contributed by atoms with Gasteiger partial charge in [0.05, 0.1) is 10.8 Å². The molecule has 2 N–H and O–H groups in total. The molecular formula is C17H16Cl2N2O3S. The number of anilines is 1. The minimum atomic E-state index is -3.78. The Hall–Kier alpha value is -1.60. The Labute approximate surface area is 156 Å². The predicted octanol–water partition coefficient (Wildman–Crippen LogP) is 4.09. The highest BCUT2D eigenvalue weighted by molar-refractivity contribution is 7.89. The second-order valence-electron chi connectivity index (χ2n) is 5.97. The van der Waals surface area contributed by atoms with Gasteiger partial charge in [0.25, 0.3) is 0 Å².